The van der Waals surface area contributed by atoms with E-state index in [2.05, 4.69) is 15.8 Å². The summed E-state index contributed by atoms with van der Waals surface area (Å²) >= 11 is 1.46. The number of hydrazone groups is 1. The molecule has 2 fully saturated rings. The first-order valence-corrected chi connectivity index (χ1v) is 11.3. The fraction of sp³-hybridized carbons (Fsp3) is 0.429. The van der Waals surface area contributed by atoms with Gasteiger partial charge < -0.3 is 15.1 Å². The van der Waals surface area contributed by atoms with Gasteiger partial charge in [-0.15, -0.1) is 11.8 Å². The largest absolute Gasteiger partial charge is 0.461 e. The van der Waals surface area contributed by atoms with Crippen molar-refractivity contribution < 1.29 is 18.8 Å². The predicted octanol–water partition coefficient (Wildman–Crippen LogP) is 1.61. The van der Waals surface area contributed by atoms with Gasteiger partial charge >= 0.3 is 6.03 Å². The Morgan fingerprint density at radius 2 is 2.19 bits per heavy atom. The lowest BCUT2D eigenvalue weighted by molar-refractivity contribution is -0.134. The molecular weight excluding hydrogens is 418 g/mol. The highest BCUT2D eigenvalue weighted by Crippen LogP contribution is 2.28. The summed E-state index contributed by atoms with van der Waals surface area (Å²) in [5, 5.41) is 7.56. The number of Topliss-reactive ketones (excluding diaryl/α,β-unsaturated/α-hetero) is 1. The van der Waals surface area contributed by atoms with Crippen LogP contribution in [-0.2, 0) is 16.0 Å². The summed E-state index contributed by atoms with van der Waals surface area (Å²) < 4.78 is 5.80. The Balaban J connectivity index is 1.37. The number of fused-ring (bicyclic) bond motifs is 1. The lowest BCUT2D eigenvalue weighted by Crippen LogP contribution is -2.51. The number of aryl methyl sites for hydroxylation is 1. The second kappa shape index (κ2) is 9.52. The molecule has 4 N–H and O–H groups in total. The second-order valence-electron chi connectivity index (χ2n) is 7.63. The van der Waals surface area contributed by atoms with E-state index in [0.29, 0.717) is 25.3 Å². The number of carbonyl (C=O) groups is 3. The van der Waals surface area contributed by atoms with Gasteiger partial charge in [0.15, 0.2) is 0 Å². The van der Waals surface area contributed by atoms with E-state index in [1.54, 1.807) is 4.90 Å². The number of rotatable bonds is 7. The standard InChI is InChI=1S/C21H25N5O4S/c22-21(29)25-24-11-14-5-3-9-26(14)20(28)18-19(31-12-23-18)16(27)8-7-15-10-13-4-1-2-6-17(13)30-15/h1-2,4,6,10-11,14,18-19,23H,3,5,7-9,12H2,(H3,22,25,29)/t14-,18-,19?/m0/s1. The highest BCUT2D eigenvalue weighted by Gasteiger charge is 2.42. The van der Waals surface area contributed by atoms with Crippen LogP contribution in [0.3, 0.4) is 0 Å². The monoisotopic (exact) mass is 443 g/mol. The second-order valence-corrected chi connectivity index (χ2v) is 8.76. The number of carbonyl (C=O) groups excluding carboxylic acids is 3. The van der Waals surface area contributed by atoms with Gasteiger partial charge in [-0.25, -0.2) is 10.2 Å². The molecule has 4 rings (SSSR count). The number of hydrogen-bond acceptors (Lipinski definition) is 7. The summed E-state index contributed by atoms with van der Waals surface area (Å²) in [6.45, 7) is 0.592. The third kappa shape index (κ3) is 4.91. The van der Waals surface area contributed by atoms with Gasteiger partial charge in [-0.2, -0.15) is 5.10 Å². The van der Waals surface area contributed by atoms with Crippen molar-refractivity contribution in [1.82, 2.24) is 15.6 Å². The molecule has 3 heterocycles. The van der Waals surface area contributed by atoms with E-state index in [-0.39, 0.29) is 17.7 Å². The SMILES string of the molecule is NC(=O)NN=C[C@@H]1CCCN1C(=O)[C@H]1NCSC1C(=O)CCc1cc2ccccc2o1. The Labute approximate surface area is 183 Å². The minimum Gasteiger partial charge on any atom is -0.461 e. The van der Waals surface area contributed by atoms with Crippen LogP contribution in [0, 0.1) is 0 Å². The number of likely N-dealkylation sites (tertiary alicyclic amines) is 1. The third-order valence-corrected chi connectivity index (χ3v) is 6.78. The number of urea groups is 1. The molecule has 2 saturated heterocycles. The molecule has 0 saturated carbocycles. The van der Waals surface area contributed by atoms with Crippen molar-refractivity contribution in [3.63, 3.8) is 0 Å². The smallest absolute Gasteiger partial charge is 0.332 e. The zero-order chi connectivity index (χ0) is 21.8. The Bertz CT molecular complexity index is 974. The Morgan fingerprint density at radius 1 is 1.35 bits per heavy atom. The minimum absolute atomic E-state index is 0.0358. The van der Waals surface area contributed by atoms with Crippen LogP contribution < -0.4 is 16.5 Å². The molecule has 3 atom stereocenters. The minimum atomic E-state index is -0.754. The molecule has 2 aliphatic heterocycles. The number of primary amides is 1. The maximum absolute atomic E-state index is 13.2. The number of hydrogen-bond donors (Lipinski definition) is 3. The maximum Gasteiger partial charge on any atom is 0.332 e. The number of nitrogens with zero attached hydrogens (tertiary/aromatic N) is 2. The van der Waals surface area contributed by atoms with Crippen molar-refractivity contribution in [3.05, 3.63) is 36.1 Å². The number of amides is 3. The van der Waals surface area contributed by atoms with Crippen LogP contribution in [0.25, 0.3) is 11.0 Å². The number of furan rings is 1. The molecule has 1 unspecified atom stereocenters. The molecule has 0 spiro atoms. The lowest BCUT2D eigenvalue weighted by Gasteiger charge is -2.27. The van der Waals surface area contributed by atoms with Gasteiger partial charge in [0.25, 0.3) is 0 Å². The van der Waals surface area contributed by atoms with Crippen molar-refractivity contribution in [3.8, 4) is 0 Å². The van der Waals surface area contributed by atoms with Gasteiger partial charge in [0.2, 0.25) is 5.91 Å². The number of para-hydroxylation sites is 1. The summed E-state index contributed by atoms with van der Waals surface area (Å²) in [4.78, 5) is 38.6. The number of nitrogens with two attached hydrogens (primary N) is 1. The van der Waals surface area contributed by atoms with Crippen LogP contribution in [0.5, 0.6) is 0 Å². The van der Waals surface area contributed by atoms with Gasteiger partial charge in [-0.3, -0.25) is 14.9 Å². The highest BCUT2D eigenvalue weighted by atomic mass is 32.2. The summed E-state index contributed by atoms with van der Waals surface area (Å²) in [5.41, 5.74) is 7.98. The number of benzene rings is 1. The molecule has 2 aromatic rings. The fourth-order valence-electron chi connectivity index (χ4n) is 4.06. The molecule has 0 radical (unpaired) electrons. The van der Waals surface area contributed by atoms with Crippen LogP contribution in [0.1, 0.15) is 25.0 Å². The van der Waals surface area contributed by atoms with E-state index >= 15 is 0 Å². The molecule has 1 aromatic heterocycles. The van der Waals surface area contributed by atoms with Crippen molar-refractivity contribution in [2.24, 2.45) is 10.8 Å². The first-order valence-electron chi connectivity index (χ1n) is 10.3. The summed E-state index contributed by atoms with van der Waals surface area (Å²) in [6, 6.07) is 8.16. The Morgan fingerprint density at radius 3 is 3.00 bits per heavy atom. The van der Waals surface area contributed by atoms with E-state index in [0.717, 1.165) is 29.6 Å². The Hall–Kier alpha value is -2.85. The van der Waals surface area contributed by atoms with Gasteiger partial charge in [0.1, 0.15) is 23.2 Å². The number of thioether (sulfide) groups is 1. The van der Waals surface area contributed by atoms with Crippen LogP contribution in [-0.4, -0.2) is 58.6 Å². The average molecular weight is 444 g/mol. The molecule has 164 valence electrons. The molecular formula is C21H25N5O4S. The highest BCUT2D eigenvalue weighted by molar-refractivity contribution is 8.00. The molecule has 2 aliphatic rings. The number of nitrogens with one attached hydrogen (secondary N) is 2. The van der Waals surface area contributed by atoms with Crippen molar-refractivity contribution in [2.45, 2.75) is 43.0 Å². The van der Waals surface area contributed by atoms with E-state index < -0.39 is 17.3 Å². The predicted molar refractivity (Wildman–Crippen MR) is 119 cm³/mol. The molecule has 0 aliphatic carbocycles. The normalized spacial score (nSPS) is 23.6. The van der Waals surface area contributed by atoms with Crippen LogP contribution in [0.4, 0.5) is 4.79 Å². The fourth-order valence-corrected chi connectivity index (χ4v) is 5.23. The molecule has 31 heavy (non-hydrogen) atoms. The molecule has 9 nitrogen and oxygen atoms in total. The van der Waals surface area contributed by atoms with Gasteiger partial charge in [0, 0.05) is 36.9 Å². The lowest BCUT2D eigenvalue weighted by atomic mass is 10.0. The maximum atomic E-state index is 13.2. The van der Waals surface area contributed by atoms with Gasteiger partial charge in [-0.05, 0) is 25.0 Å². The zero-order valence-electron chi connectivity index (χ0n) is 17.0. The van der Waals surface area contributed by atoms with Crippen LogP contribution >= 0.6 is 11.8 Å². The Kier molecular flexibility index (Phi) is 6.57. The molecule has 10 heteroatoms. The summed E-state index contributed by atoms with van der Waals surface area (Å²) in [6.07, 6.45) is 3.93. The average Bonchev–Trinajstić information content (AvgIpc) is 3.50. The molecule has 0 bridgehead atoms. The topological polar surface area (TPSA) is 130 Å². The van der Waals surface area contributed by atoms with Crippen LogP contribution in [0.2, 0.25) is 0 Å². The third-order valence-electron chi connectivity index (χ3n) is 5.55. The first kappa shape index (κ1) is 21.4. The van der Waals surface area contributed by atoms with E-state index in [4.69, 9.17) is 10.2 Å². The van der Waals surface area contributed by atoms with Crippen LogP contribution in [0.15, 0.2) is 39.9 Å². The number of ketones is 1. The zero-order valence-corrected chi connectivity index (χ0v) is 17.8. The van der Waals surface area contributed by atoms with Gasteiger partial charge in [0.05, 0.1) is 11.3 Å². The first-order chi connectivity index (χ1) is 15.0. The van der Waals surface area contributed by atoms with Crippen molar-refractivity contribution in [2.75, 3.05) is 12.4 Å². The van der Waals surface area contributed by atoms with E-state index in [1.165, 1.54) is 18.0 Å². The van der Waals surface area contributed by atoms with E-state index in [1.807, 2.05) is 30.3 Å². The quantitative estimate of drug-likeness (QED) is 0.440. The summed E-state index contributed by atoms with van der Waals surface area (Å²) in [7, 11) is 0. The van der Waals surface area contributed by atoms with Gasteiger partial charge in [-0.1, -0.05) is 18.2 Å². The summed E-state index contributed by atoms with van der Waals surface area (Å²) in [5.74, 6) is 1.24. The molecule has 1 aromatic carbocycles. The molecule has 3 amide bonds. The van der Waals surface area contributed by atoms with Crippen molar-refractivity contribution >= 4 is 46.7 Å². The van der Waals surface area contributed by atoms with E-state index in [9.17, 15) is 14.4 Å². The van der Waals surface area contributed by atoms with Crippen molar-refractivity contribution in [1.29, 1.82) is 0 Å².